The quantitative estimate of drug-likeness (QED) is 0.343. The average Bonchev–Trinajstić information content (AvgIpc) is 2.63. The molecule has 0 atom stereocenters. The standard InChI is InChI=1S/C22H26O2/c1-2-3-4-8-13-20-14-9-10-15-21(20)16-17-22(23)24-18-19-11-6-5-7-12-19/h5-7,9-12,14-17H,2-4,8,13,18H2,1H3/b17-16+. The van der Waals surface area contributed by atoms with Gasteiger partial charge < -0.3 is 4.74 Å². The van der Waals surface area contributed by atoms with E-state index in [1.54, 1.807) is 0 Å². The summed E-state index contributed by atoms with van der Waals surface area (Å²) in [6, 6.07) is 18.0. The van der Waals surface area contributed by atoms with Crippen molar-refractivity contribution in [1.82, 2.24) is 0 Å². The Labute approximate surface area is 145 Å². The van der Waals surface area contributed by atoms with Crippen LogP contribution >= 0.6 is 0 Å². The fourth-order valence-electron chi connectivity index (χ4n) is 2.60. The summed E-state index contributed by atoms with van der Waals surface area (Å²) in [6.45, 7) is 2.53. The van der Waals surface area contributed by atoms with Gasteiger partial charge in [0.25, 0.3) is 0 Å². The van der Waals surface area contributed by atoms with Gasteiger partial charge in [0.1, 0.15) is 6.61 Å². The van der Waals surface area contributed by atoms with E-state index >= 15 is 0 Å². The molecule has 0 amide bonds. The fraction of sp³-hybridized carbons (Fsp3) is 0.318. The van der Waals surface area contributed by atoms with Crippen molar-refractivity contribution in [3.63, 3.8) is 0 Å². The molecule has 0 aliphatic carbocycles. The van der Waals surface area contributed by atoms with Crippen molar-refractivity contribution in [2.75, 3.05) is 0 Å². The van der Waals surface area contributed by atoms with E-state index in [2.05, 4.69) is 25.1 Å². The van der Waals surface area contributed by atoms with Gasteiger partial charge >= 0.3 is 5.97 Å². The van der Waals surface area contributed by atoms with Crippen LogP contribution in [0.5, 0.6) is 0 Å². The first-order valence-electron chi connectivity index (χ1n) is 8.76. The summed E-state index contributed by atoms with van der Waals surface area (Å²) in [5.41, 5.74) is 3.39. The number of aryl methyl sites for hydroxylation is 1. The maximum atomic E-state index is 11.9. The third-order valence-corrected chi connectivity index (χ3v) is 3.98. The van der Waals surface area contributed by atoms with E-state index < -0.39 is 0 Å². The van der Waals surface area contributed by atoms with Gasteiger partial charge in [-0.2, -0.15) is 0 Å². The molecule has 2 aromatic rings. The molecule has 126 valence electrons. The lowest BCUT2D eigenvalue weighted by molar-refractivity contribution is -0.138. The molecule has 0 aliphatic rings. The Morgan fingerprint density at radius 2 is 1.71 bits per heavy atom. The molecule has 2 rings (SSSR count). The number of esters is 1. The van der Waals surface area contributed by atoms with Gasteiger partial charge in [-0.15, -0.1) is 0 Å². The van der Waals surface area contributed by atoms with Crippen LogP contribution in [-0.4, -0.2) is 5.97 Å². The zero-order chi connectivity index (χ0) is 17.0. The minimum absolute atomic E-state index is 0.306. The second-order valence-corrected chi connectivity index (χ2v) is 5.94. The van der Waals surface area contributed by atoms with Crippen LogP contribution in [0.15, 0.2) is 60.7 Å². The van der Waals surface area contributed by atoms with Gasteiger partial charge in [-0.1, -0.05) is 80.8 Å². The zero-order valence-electron chi connectivity index (χ0n) is 14.4. The molecular weight excluding hydrogens is 296 g/mol. The lowest BCUT2D eigenvalue weighted by Crippen LogP contribution is -2.00. The Balaban J connectivity index is 1.87. The number of hydrogen-bond donors (Lipinski definition) is 0. The molecule has 0 saturated heterocycles. The molecule has 2 nitrogen and oxygen atoms in total. The third-order valence-electron chi connectivity index (χ3n) is 3.98. The van der Waals surface area contributed by atoms with Crippen LogP contribution in [0.2, 0.25) is 0 Å². The summed E-state index contributed by atoms with van der Waals surface area (Å²) < 4.78 is 5.28. The predicted molar refractivity (Wildman–Crippen MR) is 99.6 cm³/mol. The summed E-state index contributed by atoms with van der Waals surface area (Å²) >= 11 is 0. The molecule has 0 fully saturated rings. The molecular formula is C22H26O2. The Bertz CT molecular complexity index is 644. The van der Waals surface area contributed by atoms with E-state index in [9.17, 15) is 4.79 Å². The van der Waals surface area contributed by atoms with Gasteiger partial charge in [-0.3, -0.25) is 0 Å². The molecule has 0 aliphatic heterocycles. The first-order valence-corrected chi connectivity index (χ1v) is 8.76. The molecule has 2 heteroatoms. The number of carbonyl (C=O) groups excluding carboxylic acids is 1. The number of benzene rings is 2. The number of unbranched alkanes of at least 4 members (excludes halogenated alkanes) is 3. The zero-order valence-corrected chi connectivity index (χ0v) is 14.4. The van der Waals surface area contributed by atoms with Crippen molar-refractivity contribution < 1.29 is 9.53 Å². The number of ether oxygens (including phenoxy) is 1. The van der Waals surface area contributed by atoms with Crippen LogP contribution in [0.25, 0.3) is 6.08 Å². The van der Waals surface area contributed by atoms with Crippen LogP contribution in [0.4, 0.5) is 0 Å². The maximum Gasteiger partial charge on any atom is 0.331 e. The van der Waals surface area contributed by atoms with Crippen molar-refractivity contribution in [3.05, 3.63) is 77.4 Å². The molecule has 24 heavy (non-hydrogen) atoms. The Kier molecular flexibility index (Phi) is 7.82. The van der Waals surface area contributed by atoms with E-state index in [0.29, 0.717) is 6.61 Å². The van der Waals surface area contributed by atoms with Crippen LogP contribution in [-0.2, 0) is 22.6 Å². The highest BCUT2D eigenvalue weighted by Crippen LogP contribution is 2.15. The highest BCUT2D eigenvalue weighted by molar-refractivity contribution is 5.87. The van der Waals surface area contributed by atoms with Crippen LogP contribution in [0, 0.1) is 0 Å². The molecule has 2 aromatic carbocycles. The monoisotopic (exact) mass is 322 g/mol. The van der Waals surface area contributed by atoms with Crippen LogP contribution in [0.1, 0.15) is 49.3 Å². The number of rotatable bonds is 9. The normalized spacial score (nSPS) is 10.9. The van der Waals surface area contributed by atoms with Crippen molar-refractivity contribution >= 4 is 12.0 Å². The SMILES string of the molecule is CCCCCCc1ccccc1/C=C/C(=O)OCc1ccccc1. The lowest BCUT2D eigenvalue weighted by atomic mass is 10.0. The van der Waals surface area contributed by atoms with Crippen LogP contribution < -0.4 is 0 Å². The van der Waals surface area contributed by atoms with Gasteiger partial charge in [0.05, 0.1) is 0 Å². The van der Waals surface area contributed by atoms with Crippen LogP contribution in [0.3, 0.4) is 0 Å². The minimum atomic E-state index is -0.306. The van der Waals surface area contributed by atoms with E-state index in [-0.39, 0.29) is 5.97 Å². The molecule has 0 heterocycles. The van der Waals surface area contributed by atoms with Crippen molar-refractivity contribution in [2.24, 2.45) is 0 Å². The van der Waals surface area contributed by atoms with E-state index in [1.165, 1.54) is 37.3 Å². The molecule has 0 saturated carbocycles. The van der Waals surface area contributed by atoms with Crippen molar-refractivity contribution in [2.45, 2.75) is 45.6 Å². The third kappa shape index (κ3) is 6.41. The van der Waals surface area contributed by atoms with Gasteiger partial charge in [-0.25, -0.2) is 4.79 Å². The van der Waals surface area contributed by atoms with E-state index in [1.807, 2.05) is 42.5 Å². The maximum absolute atomic E-state index is 11.9. The fourth-order valence-corrected chi connectivity index (χ4v) is 2.60. The average molecular weight is 322 g/mol. The Morgan fingerprint density at radius 3 is 2.50 bits per heavy atom. The molecule has 0 unspecified atom stereocenters. The van der Waals surface area contributed by atoms with Gasteiger partial charge in [-0.05, 0) is 35.6 Å². The first-order chi connectivity index (χ1) is 11.8. The van der Waals surface area contributed by atoms with Gasteiger partial charge in [0.2, 0.25) is 0 Å². The van der Waals surface area contributed by atoms with E-state index in [0.717, 1.165) is 17.5 Å². The summed E-state index contributed by atoms with van der Waals surface area (Å²) in [7, 11) is 0. The van der Waals surface area contributed by atoms with Gasteiger partial charge in [0.15, 0.2) is 0 Å². The number of carbonyl (C=O) groups is 1. The number of hydrogen-bond acceptors (Lipinski definition) is 2. The van der Waals surface area contributed by atoms with Gasteiger partial charge in [0, 0.05) is 6.08 Å². The second-order valence-electron chi connectivity index (χ2n) is 5.94. The lowest BCUT2D eigenvalue weighted by Gasteiger charge is -2.06. The Hall–Kier alpha value is -2.35. The molecule has 0 bridgehead atoms. The smallest absolute Gasteiger partial charge is 0.331 e. The molecule has 0 aromatic heterocycles. The largest absolute Gasteiger partial charge is 0.458 e. The molecule has 0 spiro atoms. The minimum Gasteiger partial charge on any atom is -0.458 e. The van der Waals surface area contributed by atoms with Crippen molar-refractivity contribution in [3.8, 4) is 0 Å². The van der Waals surface area contributed by atoms with Crippen molar-refractivity contribution in [1.29, 1.82) is 0 Å². The Morgan fingerprint density at radius 1 is 0.958 bits per heavy atom. The predicted octanol–water partition coefficient (Wildman–Crippen LogP) is 5.57. The molecule has 0 N–H and O–H groups in total. The first kappa shape index (κ1) is 18.0. The summed E-state index contributed by atoms with van der Waals surface area (Å²) in [5, 5.41) is 0. The summed E-state index contributed by atoms with van der Waals surface area (Å²) in [4.78, 5) is 11.9. The summed E-state index contributed by atoms with van der Waals surface area (Å²) in [5.74, 6) is -0.306. The highest BCUT2D eigenvalue weighted by Gasteiger charge is 2.02. The molecule has 0 radical (unpaired) electrons. The summed E-state index contributed by atoms with van der Waals surface area (Å²) in [6.07, 6.45) is 9.42. The van der Waals surface area contributed by atoms with E-state index in [4.69, 9.17) is 4.74 Å². The topological polar surface area (TPSA) is 26.3 Å². The second kappa shape index (κ2) is 10.4. The highest BCUT2D eigenvalue weighted by atomic mass is 16.5.